The molecule has 17 heavy (non-hydrogen) atoms. The minimum atomic E-state index is -0.324. The fraction of sp³-hybridized carbons (Fsp3) is 0.500. The molecule has 0 saturated carbocycles. The molecule has 2 aromatic heterocycles. The zero-order valence-electron chi connectivity index (χ0n) is 9.56. The molecule has 0 aromatic carbocycles. The highest BCUT2D eigenvalue weighted by Crippen LogP contribution is 2.10. The summed E-state index contributed by atoms with van der Waals surface area (Å²) in [6, 6.07) is 3.62. The van der Waals surface area contributed by atoms with Crippen LogP contribution in [0.4, 0.5) is 5.82 Å². The van der Waals surface area contributed by atoms with Crippen molar-refractivity contribution in [3.63, 3.8) is 0 Å². The van der Waals surface area contributed by atoms with Gasteiger partial charge in [0.25, 0.3) is 0 Å². The lowest BCUT2D eigenvalue weighted by atomic mass is 10.4. The van der Waals surface area contributed by atoms with Gasteiger partial charge in [-0.2, -0.15) is 9.61 Å². The number of aromatic nitrogens is 4. The second-order valence-electron chi connectivity index (χ2n) is 3.61. The summed E-state index contributed by atoms with van der Waals surface area (Å²) in [7, 11) is 0. The number of nitrogens with zero attached hydrogens (tertiary/aromatic N) is 4. The van der Waals surface area contributed by atoms with Crippen LogP contribution in [0.25, 0.3) is 5.65 Å². The van der Waals surface area contributed by atoms with Crippen molar-refractivity contribution in [2.45, 2.75) is 13.3 Å². The summed E-state index contributed by atoms with van der Waals surface area (Å²) in [4.78, 5) is 13.5. The van der Waals surface area contributed by atoms with Crippen LogP contribution in [0.3, 0.4) is 0 Å². The molecule has 0 radical (unpaired) electrons. The van der Waals surface area contributed by atoms with Crippen molar-refractivity contribution in [1.82, 2.24) is 19.8 Å². The Morgan fingerprint density at radius 3 is 3.06 bits per heavy atom. The maximum absolute atomic E-state index is 11.4. The average molecular weight is 256 g/mol. The molecule has 2 heterocycles. The summed E-state index contributed by atoms with van der Waals surface area (Å²) in [5.74, 6) is 1.37. The molecular weight excluding hydrogens is 242 g/mol. The molecule has 0 spiro atoms. The van der Waals surface area contributed by atoms with Gasteiger partial charge in [-0.15, -0.1) is 16.7 Å². The maximum atomic E-state index is 11.4. The molecule has 0 saturated heterocycles. The number of hydrogen-bond acceptors (Lipinski definition) is 4. The van der Waals surface area contributed by atoms with Crippen molar-refractivity contribution in [2.24, 2.45) is 0 Å². The van der Waals surface area contributed by atoms with Gasteiger partial charge in [0.05, 0.1) is 0 Å². The molecule has 0 atom stereocenters. The van der Waals surface area contributed by atoms with Crippen molar-refractivity contribution in [2.75, 3.05) is 23.9 Å². The predicted octanol–water partition coefficient (Wildman–Crippen LogP) is 0.873. The van der Waals surface area contributed by atoms with Gasteiger partial charge in [0.15, 0.2) is 5.65 Å². The lowest BCUT2D eigenvalue weighted by molar-refractivity contribution is 0.755. The first-order chi connectivity index (χ1) is 8.26. The first kappa shape index (κ1) is 11.9. The molecule has 0 fully saturated rings. The largest absolute Gasteiger partial charge is 0.364 e. The summed E-state index contributed by atoms with van der Waals surface area (Å²) in [5, 5.41) is 10.4. The SMILES string of the molecule is CCN(CCCCl)c1ccc2n[nH]c(=O)n2n1. The number of hydrogen-bond donors (Lipinski definition) is 1. The molecule has 1 N–H and O–H groups in total. The third-order valence-corrected chi connectivity index (χ3v) is 2.79. The monoisotopic (exact) mass is 255 g/mol. The normalized spacial score (nSPS) is 10.9. The minimum Gasteiger partial charge on any atom is -0.355 e. The zero-order chi connectivity index (χ0) is 12.3. The number of halogens is 1. The topological polar surface area (TPSA) is 66.3 Å². The van der Waals surface area contributed by atoms with Crippen molar-refractivity contribution in [1.29, 1.82) is 0 Å². The van der Waals surface area contributed by atoms with E-state index in [0.717, 1.165) is 25.3 Å². The van der Waals surface area contributed by atoms with E-state index in [1.54, 1.807) is 6.07 Å². The quantitative estimate of drug-likeness (QED) is 0.806. The molecule has 2 rings (SSSR count). The van der Waals surface area contributed by atoms with Crippen molar-refractivity contribution < 1.29 is 0 Å². The fourth-order valence-electron chi connectivity index (χ4n) is 1.65. The van der Waals surface area contributed by atoms with Crippen LogP contribution in [-0.4, -0.2) is 38.8 Å². The number of anilines is 1. The standard InChI is InChI=1S/C10H14ClN5O/c1-2-15(7-3-6-11)9-5-4-8-12-13-10(17)16(8)14-9/h4-5H,2-3,6-7H2,1H3,(H,13,17). The van der Waals surface area contributed by atoms with Crippen molar-refractivity contribution in [3.05, 3.63) is 22.6 Å². The summed E-state index contributed by atoms with van der Waals surface area (Å²) in [6.07, 6.45) is 0.884. The van der Waals surface area contributed by atoms with Crippen LogP contribution in [0.15, 0.2) is 16.9 Å². The van der Waals surface area contributed by atoms with E-state index in [0.29, 0.717) is 11.5 Å². The van der Waals surface area contributed by atoms with E-state index in [1.807, 2.05) is 13.0 Å². The second-order valence-corrected chi connectivity index (χ2v) is 3.99. The molecular formula is C10H14ClN5O. The average Bonchev–Trinajstić information content (AvgIpc) is 2.72. The Morgan fingerprint density at radius 2 is 2.35 bits per heavy atom. The van der Waals surface area contributed by atoms with Crippen LogP contribution in [0, 0.1) is 0 Å². The first-order valence-corrected chi connectivity index (χ1v) is 6.05. The minimum absolute atomic E-state index is 0.324. The van der Waals surface area contributed by atoms with E-state index >= 15 is 0 Å². The van der Waals surface area contributed by atoms with Crippen molar-refractivity contribution >= 4 is 23.1 Å². The number of rotatable bonds is 5. The summed E-state index contributed by atoms with van der Waals surface area (Å²) in [5.41, 5.74) is 0.197. The van der Waals surface area contributed by atoms with Crippen LogP contribution >= 0.6 is 11.6 Å². The van der Waals surface area contributed by atoms with Crippen LogP contribution in [-0.2, 0) is 0 Å². The van der Waals surface area contributed by atoms with E-state index in [2.05, 4.69) is 20.2 Å². The molecule has 0 bridgehead atoms. The highest BCUT2D eigenvalue weighted by molar-refractivity contribution is 6.17. The van der Waals surface area contributed by atoms with Gasteiger partial charge in [-0.1, -0.05) is 0 Å². The summed E-state index contributed by atoms with van der Waals surface area (Å²) in [6.45, 7) is 3.69. The molecule has 6 nitrogen and oxygen atoms in total. The number of fused-ring (bicyclic) bond motifs is 1. The number of alkyl halides is 1. The fourth-order valence-corrected chi connectivity index (χ4v) is 1.77. The van der Waals surface area contributed by atoms with E-state index < -0.39 is 0 Å². The Hall–Kier alpha value is -1.56. The first-order valence-electron chi connectivity index (χ1n) is 5.51. The van der Waals surface area contributed by atoms with Gasteiger partial charge in [-0.25, -0.2) is 9.89 Å². The Kier molecular flexibility index (Phi) is 3.63. The third kappa shape index (κ3) is 2.41. The number of aromatic amines is 1. The van der Waals surface area contributed by atoms with E-state index in [-0.39, 0.29) is 5.69 Å². The highest BCUT2D eigenvalue weighted by atomic mass is 35.5. The predicted molar refractivity (Wildman–Crippen MR) is 66.8 cm³/mol. The molecule has 0 aliphatic rings. The van der Waals surface area contributed by atoms with Gasteiger partial charge in [0.1, 0.15) is 5.82 Å². The van der Waals surface area contributed by atoms with Crippen LogP contribution in [0.2, 0.25) is 0 Å². The van der Waals surface area contributed by atoms with Gasteiger partial charge in [0.2, 0.25) is 0 Å². The Balaban J connectivity index is 2.33. The second kappa shape index (κ2) is 5.18. The maximum Gasteiger partial charge on any atom is 0.364 e. The molecule has 0 aliphatic carbocycles. The Labute approximate surface area is 103 Å². The Morgan fingerprint density at radius 1 is 1.53 bits per heavy atom. The molecule has 92 valence electrons. The van der Waals surface area contributed by atoms with Gasteiger partial charge < -0.3 is 4.90 Å². The van der Waals surface area contributed by atoms with Crippen LogP contribution < -0.4 is 10.6 Å². The van der Waals surface area contributed by atoms with E-state index in [4.69, 9.17) is 11.6 Å². The lowest BCUT2D eigenvalue weighted by Crippen LogP contribution is -2.26. The smallest absolute Gasteiger partial charge is 0.355 e. The highest BCUT2D eigenvalue weighted by Gasteiger charge is 2.08. The van der Waals surface area contributed by atoms with E-state index in [9.17, 15) is 4.79 Å². The zero-order valence-corrected chi connectivity index (χ0v) is 10.3. The lowest BCUT2D eigenvalue weighted by Gasteiger charge is -2.20. The Bertz CT molecular complexity index is 549. The molecule has 0 aliphatic heterocycles. The van der Waals surface area contributed by atoms with Gasteiger partial charge in [-0.05, 0) is 25.5 Å². The molecule has 2 aromatic rings. The number of nitrogens with one attached hydrogen (secondary N) is 1. The van der Waals surface area contributed by atoms with Gasteiger partial charge >= 0.3 is 5.69 Å². The van der Waals surface area contributed by atoms with E-state index in [1.165, 1.54) is 4.52 Å². The molecule has 0 unspecified atom stereocenters. The van der Waals surface area contributed by atoms with Crippen LogP contribution in [0.1, 0.15) is 13.3 Å². The van der Waals surface area contributed by atoms with Gasteiger partial charge in [0, 0.05) is 19.0 Å². The molecule has 0 amide bonds. The van der Waals surface area contributed by atoms with Crippen molar-refractivity contribution in [3.8, 4) is 0 Å². The number of H-pyrrole nitrogens is 1. The summed E-state index contributed by atoms with van der Waals surface area (Å²) >= 11 is 5.68. The molecule has 7 heteroatoms. The summed E-state index contributed by atoms with van der Waals surface area (Å²) < 4.78 is 1.26. The third-order valence-electron chi connectivity index (χ3n) is 2.53. The van der Waals surface area contributed by atoms with Gasteiger partial charge in [-0.3, -0.25) is 0 Å². The van der Waals surface area contributed by atoms with Crippen LogP contribution in [0.5, 0.6) is 0 Å².